The minimum absolute atomic E-state index is 0.0198. The zero-order valence-electron chi connectivity index (χ0n) is 14.3. The highest BCUT2D eigenvalue weighted by Gasteiger charge is 2.32. The van der Waals surface area contributed by atoms with Crippen molar-refractivity contribution in [3.63, 3.8) is 0 Å². The van der Waals surface area contributed by atoms with E-state index in [2.05, 4.69) is 4.98 Å². The van der Waals surface area contributed by atoms with E-state index in [4.69, 9.17) is 0 Å². The fraction of sp³-hybridized carbons (Fsp3) is 0.471. The molecule has 0 spiro atoms. The average molecular weight is 363 g/mol. The smallest absolute Gasteiger partial charge is 0.261 e. The van der Waals surface area contributed by atoms with Crippen LogP contribution in [0.5, 0.6) is 0 Å². The van der Waals surface area contributed by atoms with Gasteiger partial charge < -0.3 is 4.90 Å². The van der Waals surface area contributed by atoms with Crippen LogP contribution in [-0.2, 0) is 21.2 Å². The lowest BCUT2D eigenvalue weighted by Crippen LogP contribution is -2.38. The summed E-state index contributed by atoms with van der Waals surface area (Å²) in [6.07, 6.45) is 2.07. The molecule has 0 aliphatic carbocycles. The number of benzene rings is 1. The maximum Gasteiger partial charge on any atom is 0.261 e. The average Bonchev–Trinajstić information content (AvgIpc) is 2.94. The molecule has 1 aromatic heterocycles. The number of hydrogen-bond acceptors (Lipinski definition) is 5. The first-order valence-corrected chi connectivity index (χ1v) is 10.0. The van der Waals surface area contributed by atoms with Gasteiger partial charge in [0.2, 0.25) is 5.91 Å². The second kappa shape index (κ2) is 6.59. The number of aromatic nitrogens is 2. The summed E-state index contributed by atoms with van der Waals surface area (Å²) in [4.78, 5) is 30.7. The van der Waals surface area contributed by atoms with E-state index in [1.165, 1.54) is 15.8 Å². The summed E-state index contributed by atoms with van der Waals surface area (Å²) in [6.45, 7) is 2.12. The lowest BCUT2D eigenvalue weighted by molar-refractivity contribution is -0.131. The molecule has 1 aromatic carbocycles. The number of fused-ring (bicyclic) bond motifs is 1. The lowest BCUT2D eigenvalue weighted by atomic mass is 10.1. The fourth-order valence-electron chi connectivity index (χ4n) is 3.17. The van der Waals surface area contributed by atoms with Crippen LogP contribution in [0.4, 0.5) is 0 Å². The second-order valence-electron chi connectivity index (χ2n) is 6.53. The molecule has 0 bridgehead atoms. The van der Waals surface area contributed by atoms with Gasteiger partial charge in [0.05, 0.1) is 28.7 Å². The highest BCUT2D eigenvalue weighted by Crippen LogP contribution is 2.17. The van der Waals surface area contributed by atoms with Gasteiger partial charge in [-0.2, -0.15) is 0 Å². The molecule has 134 valence electrons. The molecule has 1 fully saturated rings. The molecule has 1 saturated heterocycles. The van der Waals surface area contributed by atoms with Gasteiger partial charge in [0.25, 0.3) is 5.56 Å². The molecule has 8 heteroatoms. The van der Waals surface area contributed by atoms with Gasteiger partial charge >= 0.3 is 0 Å². The molecular weight excluding hydrogens is 342 g/mol. The third-order valence-electron chi connectivity index (χ3n) is 4.77. The molecule has 3 rings (SSSR count). The Bertz CT molecular complexity index is 981. The Morgan fingerprint density at radius 2 is 2.16 bits per heavy atom. The molecule has 1 aliphatic heterocycles. The van der Waals surface area contributed by atoms with Gasteiger partial charge in [0.1, 0.15) is 0 Å². The Kier molecular flexibility index (Phi) is 4.64. The molecule has 2 heterocycles. The number of sulfone groups is 1. The quantitative estimate of drug-likeness (QED) is 0.799. The maximum absolute atomic E-state index is 12.5. The van der Waals surface area contributed by atoms with Crippen molar-refractivity contribution in [2.24, 2.45) is 0 Å². The van der Waals surface area contributed by atoms with Crippen molar-refractivity contribution in [1.82, 2.24) is 14.5 Å². The van der Waals surface area contributed by atoms with Crippen molar-refractivity contribution in [2.45, 2.75) is 32.4 Å². The molecule has 1 aliphatic rings. The minimum atomic E-state index is -3.04. The number of carbonyl (C=O) groups excluding carboxylic acids is 1. The van der Waals surface area contributed by atoms with E-state index in [9.17, 15) is 18.0 Å². The van der Waals surface area contributed by atoms with Crippen LogP contribution < -0.4 is 5.56 Å². The summed E-state index contributed by atoms with van der Waals surface area (Å²) in [7, 11) is -1.41. The molecule has 25 heavy (non-hydrogen) atoms. The maximum atomic E-state index is 12.5. The van der Waals surface area contributed by atoms with Gasteiger partial charge in [0.15, 0.2) is 9.84 Å². The fourth-order valence-corrected chi connectivity index (χ4v) is 4.95. The third-order valence-corrected chi connectivity index (χ3v) is 6.52. The van der Waals surface area contributed by atoms with Crippen LogP contribution in [0, 0.1) is 6.92 Å². The third kappa shape index (κ3) is 3.58. The van der Waals surface area contributed by atoms with Gasteiger partial charge in [-0.15, -0.1) is 0 Å². The predicted octanol–water partition coefficient (Wildman–Crippen LogP) is 0.741. The van der Waals surface area contributed by atoms with Crippen molar-refractivity contribution in [2.75, 3.05) is 18.6 Å². The summed E-state index contributed by atoms with van der Waals surface area (Å²) in [5.41, 5.74) is 1.43. The van der Waals surface area contributed by atoms with Crippen molar-refractivity contribution < 1.29 is 13.2 Å². The SMILES string of the molecule is Cc1cccc2c(=O)n(CCC(=O)N(C)C3CCS(=O)(=O)C3)cnc12. The molecule has 2 aromatic rings. The predicted molar refractivity (Wildman–Crippen MR) is 95.2 cm³/mol. The zero-order valence-corrected chi connectivity index (χ0v) is 15.1. The van der Waals surface area contributed by atoms with E-state index in [1.54, 1.807) is 13.1 Å². The minimum Gasteiger partial charge on any atom is -0.342 e. The van der Waals surface area contributed by atoms with Gasteiger partial charge in [-0.3, -0.25) is 14.2 Å². The van der Waals surface area contributed by atoms with Crippen molar-refractivity contribution in [3.05, 3.63) is 40.4 Å². The van der Waals surface area contributed by atoms with Gasteiger partial charge in [0, 0.05) is 26.1 Å². The molecule has 0 N–H and O–H groups in total. The standard InChI is InChI=1S/C17H21N3O4S/c1-12-4-3-5-14-16(12)18-11-20(17(14)22)8-6-15(21)19(2)13-7-9-25(23,24)10-13/h3-5,11,13H,6-10H2,1-2H3. The Morgan fingerprint density at radius 1 is 1.40 bits per heavy atom. The topological polar surface area (TPSA) is 89.3 Å². The first kappa shape index (κ1) is 17.6. The highest BCUT2D eigenvalue weighted by atomic mass is 32.2. The number of rotatable bonds is 4. The Balaban J connectivity index is 1.71. The van der Waals surface area contributed by atoms with E-state index in [-0.39, 0.29) is 42.0 Å². The molecule has 1 unspecified atom stereocenters. The number of carbonyl (C=O) groups is 1. The summed E-state index contributed by atoms with van der Waals surface area (Å²) < 4.78 is 24.5. The zero-order chi connectivity index (χ0) is 18.2. The molecule has 0 saturated carbocycles. The Morgan fingerprint density at radius 3 is 2.84 bits per heavy atom. The van der Waals surface area contributed by atoms with Gasteiger partial charge in [-0.1, -0.05) is 12.1 Å². The second-order valence-corrected chi connectivity index (χ2v) is 8.75. The summed E-state index contributed by atoms with van der Waals surface area (Å²) in [6, 6.07) is 5.16. The molecule has 0 radical (unpaired) electrons. The van der Waals surface area contributed by atoms with Crippen LogP contribution in [0.2, 0.25) is 0 Å². The van der Waals surface area contributed by atoms with Crippen LogP contribution in [-0.4, -0.2) is 53.4 Å². The Labute approximate surface area is 146 Å². The van der Waals surface area contributed by atoms with E-state index in [1.807, 2.05) is 19.1 Å². The van der Waals surface area contributed by atoms with Crippen molar-refractivity contribution >= 4 is 26.6 Å². The molecule has 7 nitrogen and oxygen atoms in total. The molecule has 1 amide bonds. The van der Waals surface area contributed by atoms with Crippen molar-refractivity contribution in [3.8, 4) is 0 Å². The van der Waals surface area contributed by atoms with Crippen LogP contribution >= 0.6 is 0 Å². The largest absolute Gasteiger partial charge is 0.342 e. The monoisotopic (exact) mass is 363 g/mol. The lowest BCUT2D eigenvalue weighted by Gasteiger charge is -2.23. The van der Waals surface area contributed by atoms with Gasteiger partial charge in [-0.25, -0.2) is 13.4 Å². The number of amides is 1. The summed E-state index contributed by atoms with van der Waals surface area (Å²) in [5.74, 6) is -0.0207. The van der Waals surface area contributed by atoms with E-state index < -0.39 is 9.84 Å². The molecule has 1 atom stereocenters. The van der Waals surface area contributed by atoms with Crippen LogP contribution in [0.15, 0.2) is 29.3 Å². The van der Waals surface area contributed by atoms with Crippen LogP contribution in [0.3, 0.4) is 0 Å². The van der Waals surface area contributed by atoms with E-state index in [0.29, 0.717) is 17.3 Å². The van der Waals surface area contributed by atoms with E-state index in [0.717, 1.165) is 5.56 Å². The number of aryl methyl sites for hydroxylation is 2. The molecular formula is C17H21N3O4S. The van der Waals surface area contributed by atoms with Crippen molar-refractivity contribution in [1.29, 1.82) is 0 Å². The Hall–Kier alpha value is -2.22. The van der Waals surface area contributed by atoms with Crippen LogP contribution in [0.1, 0.15) is 18.4 Å². The first-order chi connectivity index (χ1) is 11.8. The summed E-state index contributed by atoms with van der Waals surface area (Å²) in [5, 5.41) is 0.533. The van der Waals surface area contributed by atoms with Crippen LogP contribution in [0.25, 0.3) is 10.9 Å². The number of para-hydroxylation sites is 1. The normalized spacial score (nSPS) is 19.2. The summed E-state index contributed by atoms with van der Waals surface area (Å²) >= 11 is 0. The van der Waals surface area contributed by atoms with Gasteiger partial charge in [-0.05, 0) is 25.0 Å². The number of hydrogen-bond donors (Lipinski definition) is 0. The number of nitrogens with zero attached hydrogens (tertiary/aromatic N) is 3. The highest BCUT2D eigenvalue weighted by molar-refractivity contribution is 7.91. The first-order valence-electron chi connectivity index (χ1n) is 8.19. The van der Waals surface area contributed by atoms with E-state index >= 15 is 0 Å².